The Balaban J connectivity index is 1.34. The fourth-order valence-electron chi connectivity index (χ4n) is 4.42. The lowest BCUT2D eigenvalue weighted by Crippen LogP contribution is -2.33. The van der Waals surface area contributed by atoms with Gasteiger partial charge in [-0.15, -0.1) is 0 Å². The number of rotatable bonds is 8. The van der Waals surface area contributed by atoms with Crippen LogP contribution in [0.2, 0.25) is 0 Å². The number of pyridine rings is 1. The maximum Gasteiger partial charge on any atom is 0.274 e. The lowest BCUT2D eigenvalue weighted by molar-refractivity contribution is 0.0168. The molecule has 35 heavy (non-hydrogen) atoms. The third kappa shape index (κ3) is 5.18. The number of aryl methyl sites for hydroxylation is 1. The number of anilines is 1. The summed E-state index contributed by atoms with van der Waals surface area (Å²) >= 11 is 0. The Hall–Kier alpha value is -3.75. The van der Waals surface area contributed by atoms with Gasteiger partial charge in [0.15, 0.2) is 0 Å². The van der Waals surface area contributed by atoms with Crippen molar-refractivity contribution in [2.75, 3.05) is 32.0 Å². The molecule has 0 aliphatic carbocycles. The number of H-pyrrole nitrogens is 1. The highest BCUT2D eigenvalue weighted by molar-refractivity contribution is 5.96. The van der Waals surface area contributed by atoms with Crippen molar-refractivity contribution >= 4 is 16.6 Å². The van der Waals surface area contributed by atoms with Crippen LogP contribution in [0.15, 0.2) is 65.7 Å². The highest BCUT2D eigenvalue weighted by Crippen LogP contribution is 2.38. The molecule has 0 bridgehead atoms. The van der Waals surface area contributed by atoms with E-state index >= 15 is 0 Å². The zero-order chi connectivity index (χ0) is 24.2. The molecule has 1 aliphatic rings. The van der Waals surface area contributed by atoms with Crippen LogP contribution in [0.5, 0.6) is 17.2 Å². The summed E-state index contributed by atoms with van der Waals surface area (Å²) in [7, 11) is 1.73. The van der Waals surface area contributed by atoms with Gasteiger partial charge in [0.1, 0.15) is 29.4 Å². The van der Waals surface area contributed by atoms with Gasteiger partial charge in [0.05, 0.1) is 12.7 Å². The minimum absolute atomic E-state index is 0.0888. The first kappa shape index (κ1) is 23.0. The van der Waals surface area contributed by atoms with Crippen molar-refractivity contribution in [1.29, 1.82) is 0 Å². The summed E-state index contributed by atoms with van der Waals surface area (Å²) < 4.78 is 19.7. The van der Waals surface area contributed by atoms with Crippen LogP contribution in [0.4, 0.5) is 5.69 Å². The van der Waals surface area contributed by atoms with Crippen molar-refractivity contribution in [2.24, 2.45) is 7.05 Å². The second-order valence-corrected chi connectivity index (χ2v) is 8.73. The van der Waals surface area contributed by atoms with E-state index in [0.29, 0.717) is 47.8 Å². The molecule has 4 N–H and O–H groups in total. The van der Waals surface area contributed by atoms with E-state index in [0.717, 1.165) is 42.4 Å². The third-order valence-electron chi connectivity index (χ3n) is 6.21. The largest absolute Gasteiger partial charge is 0.491 e. The molecule has 5 rings (SSSR count). The summed E-state index contributed by atoms with van der Waals surface area (Å²) in [5, 5.41) is 4.15. The number of ether oxygens (including phenoxy) is 3. The van der Waals surface area contributed by atoms with Crippen LogP contribution in [-0.2, 0) is 11.8 Å². The predicted molar refractivity (Wildman–Crippen MR) is 137 cm³/mol. The second kappa shape index (κ2) is 10.2. The van der Waals surface area contributed by atoms with Crippen LogP contribution in [0.1, 0.15) is 12.8 Å². The first-order valence-electron chi connectivity index (χ1n) is 11.9. The molecule has 2 aromatic carbocycles. The minimum Gasteiger partial charge on any atom is -0.491 e. The summed E-state index contributed by atoms with van der Waals surface area (Å²) in [4.78, 5) is 15.5. The Morgan fingerprint density at radius 3 is 2.71 bits per heavy atom. The molecule has 8 heteroatoms. The van der Waals surface area contributed by atoms with E-state index in [1.54, 1.807) is 23.9 Å². The summed E-state index contributed by atoms with van der Waals surface area (Å²) in [5.74, 6) is 1.98. The molecule has 0 saturated carbocycles. The maximum atomic E-state index is 12.5. The highest BCUT2D eigenvalue weighted by atomic mass is 16.5. The van der Waals surface area contributed by atoms with Crippen LogP contribution in [0.25, 0.3) is 22.0 Å². The summed E-state index contributed by atoms with van der Waals surface area (Å²) in [6, 6.07) is 14.9. The molecular formula is C27H30N4O4. The Kier molecular flexibility index (Phi) is 6.74. The number of benzene rings is 2. The molecule has 0 radical (unpaired) electrons. The van der Waals surface area contributed by atoms with E-state index in [2.05, 4.69) is 10.3 Å². The van der Waals surface area contributed by atoms with Gasteiger partial charge >= 0.3 is 0 Å². The summed E-state index contributed by atoms with van der Waals surface area (Å²) in [5.41, 5.74) is 8.84. The zero-order valence-corrected chi connectivity index (χ0v) is 19.8. The second-order valence-electron chi connectivity index (χ2n) is 8.73. The molecule has 3 heterocycles. The van der Waals surface area contributed by atoms with Crippen molar-refractivity contribution < 1.29 is 14.2 Å². The Labute approximate surface area is 203 Å². The van der Waals surface area contributed by atoms with Gasteiger partial charge in [-0.1, -0.05) is 6.07 Å². The number of fused-ring (bicyclic) bond motifs is 1. The summed E-state index contributed by atoms with van der Waals surface area (Å²) in [6.07, 6.45) is 5.96. The quantitative estimate of drug-likeness (QED) is 0.263. The fourth-order valence-corrected chi connectivity index (χ4v) is 4.42. The standard InChI is InChI=1S/C27H30N4O4/c1-31-17-24(22-9-12-30-26(22)27(31)32)23-15-18(28)5-6-25(23)35-21-4-2-3-20(16-21)34-14-13-33-19-7-10-29-11-8-19/h2-6,9,12,15-17,19,29-30H,7-8,10-11,13-14,28H2,1H3. The smallest absolute Gasteiger partial charge is 0.274 e. The van der Waals surface area contributed by atoms with Gasteiger partial charge in [-0.2, -0.15) is 0 Å². The van der Waals surface area contributed by atoms with Gasteiger partial charge in [-0.25, -0.2) is 0 Å². The zero-order valence-electron chi connectivity index (χ0n) is 19.8. The number of nitrogens with two attached hydrogens (primary N) is 1. The normalized spacial score (nSPS) is 14.3. The molecule has 1 aliphatic heterocycles. The number of nitrogen functional groups attached to an aromatic ring is 1. The average Bonchev–Trinajstić information content (AvgIpc) is 3.37. The van der Waals surface area contributed by atoms with E-state index in [1.807, 2.05) is 48.7 Å². The van der Waals surface area contributed by atoms with E-state index in [1.165, 1.54) is 0 Å². The van der Waals surface area contributed by atoms with Gasteiger partial charge in [-0.05, 0) is 62.3 Å². The van der Waals surface area contributed by atoms with E-state index in [-0.39, 0.29) is 5.56 Å². The Morgan fingerprint density at radius 1 is 1.03 bits per heavy atom. The summed E-state index contributed by atoms with van der Waals surface area (Å²) in [6.45, 7) is 3.04. The number of nitrogens with one attached hydrogen (secondary N) is 2. The Bertz CT molecular complexity index is 1370. The average molecular weight is 475 g/mol. The highest BCUT2D eigenvalue weighted by Gasteiger charge is 2.16. The van der Waals surface area contributed by atoms with E-state index in [9.17, 15) is 4.79 Å². The van der Waals surface area contributed by atoms with Gasteiger partial charge in [0.25, 0.3) is 5.56 Å². The third-order valence-corrected chi connectivity index (χ3v) is 6.21. The lowest BCUT2D eigenvalue weighted by Gasteiger charge is -2.22. The molecule has 0 amide bonds. The van der Waals surface area contributed by atoms with Gasteiger partial charge in [0.2, 0.25) is 0 Å². The van der Waals surface area contributed by atoms with Crippen LogP contribution in [-0.4, -0.2) is 42.0 Å². The molecule has 1 fully saturated rings. The molecule has 8 nitrogen and oxygen atoms in total. The van der Waals surface area contributed by atoms with Gasteiger partial charge < -0.3 is 34.8 Å². The molecule has 1 saturated heterocycles. The predicted octanol–water partition coefficient (Wildman–Crippen LogP) is 4.06. The van der Waals surface area contributed by atoms with E-state index in [4.69, 9.17) is 19.9 Å². The first-order valence-corrected chi connectivity index (χ1v) is 11.9. The van der Waals surface area contributed by atoms with Crippen LogP contribution < -0.4 is 26.1 Å². The number of nitrogens with zero attached hydrogens (tertiary/aromatic N) is 1. The van der Waals surface area contributed by atoms with Crippen LogP contribution >= 0.6 is 0 Å². The first-order chi connectivity index (χ1) is 17.1. The number of aromatic amines is 1. The molecule has 0 atom stereocenters. The number of piperidine rings is 1. The number of aromatic nitrogens is 2. The molecule has 2 aromatic heterocycles. The molecular weight excluding hydrogens is 444 g/mol. The van der Waals surface area contributed by atoms with Crippen LogP contribution in [0.3, 0.4) is 0 Å². The van der Waals surface area contributed by atoms with Crippen molar-refractivity contribution in [3.63, 3.8) is 0 Å². The van der Waals surface area contributed by atoms with Gasteiger partial charge in [-0.3, -0.25) is 4.79 Å². The monoisotopic (exact) mass is 474 g/mol. The maximum absolute atomic E-state index is 12.5. The molecule has 0 spiro atoms. The van der Waals surface area contributed by atoms with Crippen molar-refractivity contribution in [1.82, 2.24) is 14.9 Å². The van der Waals surface area contributed by atoms with Crippen molar-refractivity contribution in [2.45, 2.75) is 18.9 Å². The van der Waals surface area contributed by atoms with Gasteiger partial charge in [0, 0.05) is 47.7 Å². The van der Waals surface area contributed by atoms with Crippen molar-refractivity contribution in [3.8, 4) is 28.4 Å². The van der Waals surface area contributed by atoms with Crippen LogP contribution in [0, 0.1) is 0 Å². The molecule has 4 aromatic rings. The minimum atomic E-state index is -0.0888. The molecule has 0 unspecified atom stereocenters. The number of hydrogen-bond donors (Lipinski definition) is 3. The number of hydrogen-bond acceptors (Lipinski definition) is 6. The Morgan fingerprint density at radius 2 is 1.86 bits per heavy atom. The SMILES string of the molecule is Cn1cc(-c2cc(N)ccc2Oc2cccc(OCCOC3CCNCC3)c2)c2cc[nH]c2c1=O. The van der Waals surface area contributed by atoms with E-state index < -0.39 is 0 Å². The van der Waals surface area contributed by atoms with Crippen molar-refractivity contribution in [3.05, 3.63) is 71.3 Å². The fraction of sp³-hybridized carbons (Fsp3) is 0.296. The molecule has 182 valence electrons. The topological polar surface area (TPSA) is 104 Å². The lowest BCUT2D eigenvalue weighted by atomic mass is 10.0.